The Kier molecular flexibility index (Phi) is 4.46. The molecule has 0 aliphatic heterocycles. The second-order valence-corrected chi connectivity index (χ2v) is 5.98. The number of hydrogen-bond donors (Lipinski definition) is 1. The third-order valence-corrected chi connectivity index (χ3v) is 4.41. The molecule has 0 bridgehead atoms. The van der Waals surface area contributed by atoms with Crippen LogP contribution in [0.1, 0.15) is 5.56 Å². The van der Waals surface area contributed by atoms with E-state index in [1.165, 1.54) is 4.68 Å². The topological polar surface area (TPSA) is 99.2 Å². The second-order valence-electron chi connectivity index (χ2n) is 5.20. The van der Waals surface area contributed by atoms with E-state index in [1.807, 2.05) is 12.1 Å². The highest BCUT2D eigenvalue weighted by Crippen LogP contribution is 2.29. The summed E-state index contributed by atoms with van der Waals surface area (Å²) in [6.45, 7) is 0.430. The first-order valence-corrected chi connectivity index (χ1v) is 8.25. The zero-order chi connectivity index (χ0) is 17.9. The van der Waals surface area contributed by atoms with Crippen LogP contribution < -0.4 is 5.32 Å². The summed E-state index contributed by atoms with van der Waals surface area (Å²) in [5.74, 6) is 1.14. The molecule has 130 valence electrons. The van der Waals surface area contributed by atoms with Crippen molar-refractivity contribution in [2.45, 2.75) is 6.54 Å². The van der Waals surface area contributed by atoms with E-state index in [9.17, 15) is 0 Å². The van der Waals surface area contributed by atoms with Gasteiger partial charge < -0.3 is 5.32 Å². The molecule has 0 atom stereocenters. The van der Waals surface area contributed by atoms with E-state index in [1.54, 1.807) is 41.6 Å². The van der Waals surface area contributed by atoms with Gasteiger partial charge in [0, 0.05) is 18.3 Å². The van der Waals surface area contributed by atoms with Crippen molar-refractivity contribution in [3.63, 3.8) is 0 Å². The van der Waals surface area contributed by atoms with Gasteiger partial charge in [0.25, 0.3) is 0 Å². The third kappa shape index (κ3) is 3.09. The number of halogens is 2. The van der Waals surface area contributed by atoms with Gasteiger partial charge in [-0.05, 0) is 28.6 Å². The predicted octanol–water partition coefficient (Wildman–Crippen LogP) is 2.56. The van der Waals surface area contributed by atoms with Crippen molar-refractivity contribution in [3.8, 4) is 11.5 Å². The first-order valence-electron chi connectivity index (χ1n) is 7.49. The molecule has 0 aliphatic rings. The minimum absolute atomic E-state index is 0.371. The van der Waals surface area contributed by atoms with Crippen LogP contribution in [0.4, 0.5) is 5.95 Å². The van der Waals surface area contributed by atoms with Gasteiger partial charge in [-0.1, -0.05) is 40.4 Å². The zero-order valence-corrected chi connectivity index (χ0v) is 14.7. The Bertz CT molecular complexity index is 1030. The summed E-state index contributed by atoms with van der Waals surface area (Å²) >= 11 is 12.3. The average Bonchev–Trinajstić information content (AvgIpc) is 3.34. The van der Waals surface area contributed by atoms with Crippen molar-refractivity contribution < 1.29 is 0 Å². The van der Waals surface area contributed by atoms with Crippen LogP contribution in [0.5, 0.6) is 0 Å². The quantitative estimate of drug-likeness (QED) is 0.561. The number of nitrogens with one attached hydrogen (secondary N) is 1. The highest BCUT2D eigenvalue weighted by Gasteiger charge is 2.14. The zero-order valence-electron chi connectivity index (χ0n) is 13.2. The van der Waals surface area contributed by atoms with Crippen molar-refractivity contribution in [2.75, 3.05) is 5.32 Å². The Morgan fingerprint density at radius 1 is 1.04 bits per heavy atom. The summed E-state index contributed by atoms with van der Waals surface area (Å²) in [5, 5.41) is 23.3. The van der Waals surface area contributed by atoms with E-state index in [2.05, 4.69) is 36.0 Å². The maximum absolute atomic E-state index is 6.26. The van der Waals surface area contributed by atoms with Gasteiger partial charge in [-0.25, -0.2) is 4.98 Å². The van der Waals surface area contributed by atoms with Crippen LogP contribution in [0.15, 0.2) is 49.2 Å². The van der Waals surface area contributed by atoms with Gasteiger partial charge in [0.2, 0.25) is 5.95 Å². The largest absolute Gasteiger partial charge is 0.349 e. The Morgan fingerprint density at radius 2 is 1.88 bits per heavy atom. The molecule has 11 heteroatoms. The fourth-order valence-electron chi connectivity index (χ4n) is 2.40. The third-order valence-electron chi connectivity index (χ3n) is 3.60. The highest BCUT2D eigenvalue weighted by atomic mass is 35.5. The Morgan fingerprint density at radius 3 is 2.73 bits per heavy atom. The lowest BCUT2D eigenvalue weighted by Gasteiger charge is -2.11. The van der Waals surface area contributed by atoms with Crippen LogP contribution in [-0.2, 0) is 6.54 Å². The lowest BCUT2D eigenvalue weighted by Crippen LogP contribution is -2.10. The van der Waals surface area contributed by atoms with Crippen LogP contribution in [0, 0.1) is 0 Å². The smallest absolute Gasteiger partial charge is 0.248 e. The first kappa shape index (κ1) is 16.4. The number of aromatic nitrogens is 8. The molecular weight excluding hydrogens is 377 g/mol. The standard InChI is InChI=1S/C15H11Cl2N9/c16-11-4-1-5-12(13(11)17)26-15(22-23-24-26)19-7-10-3-2-6-18-14(10)25-8-20-21-9-25/h1-6,8-9H,7H2,(H,19,22,24). The van der Waals surface area contributed by atoms with Crippen molar-refractivity contribution >= 4 is 29.2 Å². The Balaban J connectivity index is 1.62. The van der Waals surface area contributed by atoms with E-state index in [0.29, 0.717) is 34.0 Å². The van der Waals surface area contributed by atoms with Gasteiger partial charge in [0.1, 0.15) is 18.5 Å². The molecule has 9 nitrogen and oxygen atoms in total. The molecule has 0 saturated heterocycles. The lowest BCUT2D eigenvalue weighted by molar-refractivity contribution is 0.789. The molecule has 4 aromatic rings. The predicted molar refractivity (Wildman–Crippen MR) is 95.7 cm³/mol. The highest BCUT2D eigenvalue weighted by molar-refractivity contribution is 6.43. The molecule has 0 aliphatic carbocycles. The van der Waals surface area contributed by atoms with Crippen molar-refractivity contribution in [3.05, 3.63) is 64.8 Å². The monoisotopic (exact) mass is 387 g/mol. The van der Waals surface area contributed by atoms with Gasteiger partial charge >= 0.3 is 0 Å². The Hall–Kier alpha value is -3.04. The summed E-state index contributed by atoms with van der Waals surface area (Å²) in [6.07, 6.45) is 4.87. The van der Waals surface area contributed by atoms with Gasteiger partial charge in [0.15, 0.2) is 0 Å². The molecule has 26 heavy (non-hydrogen) atoms. The molecule has 0 amide bonds. The summed E-state index contributed by atoms with van der Waals surface area (Å²) in [7, 11) is 0. The molecule has 0 spiro atoms. The van der Waals surface area contributed by atoms with E-state index in [-0.39, 0.29) is 0 Å². The van der Waals surface area contributed by atoms with Gasteiger partial charge in [-0.2, -0.15) is 4.68 Å². The van der Waals surface area contributed by atoms with E-state index in [0.717, 1.165) is 5.56 Å². The number of nitrogens with zero attached hydrogens (tertiary/aromatic N) is 8. The molecule has 3 heterocycles. The van der Waals surface area contributed by atoms with E-state index in [4.69, 9.17) is 23.2 Å². The maximum atomic E-state index is 6.26. The molecule has 1 N–H and O–H groups in total. The molecule has 0 radical (unpaired) electrons. The molecule has 0 saturated carbocycles. The number of benzene rings is 1. The number of hydrogen-bond acceptors (Lipinski definition) is 7. The Labute approximate surface area is 157 Å². The van der Waals surface area contributed by atoms with Gasteiger partial charge in [-0.15, -0.1) is 10.2 Å². The van der Waals surface area contributed by atoms with Gasteiger partial charge in [0.05, 0.1) is 15.7 Å². The normalized spacial score (nSPS) is 10.8. The van der Waals surface area contributed by atoms with E-state index < -0.39 is 0 Å². The average molecular weight is 388 g/mol. The van der Waals surface area contributed by atoms with Crippen LogP contribution >= 0.6 is 23.2 Å². The minimum atomic E-state index is 0.371. The number of tetrazole rings is 1. The fraction of sp³-hybridized carbons (Fsp3) is 0.0667. The molecule has 0 unspecified atom stereocenters. The summed E-state index contributed by atoms with van der Waals surface area (Å²) in [4.78, 5) is 4.37. The first-order chi connectivity index (χ1) is 12.7. The SMILES string of the molecule is Clc1cccc(-n2nnnc2NCc2cccnc2-n2cnnc2)c1Cl. The molecular formula is C15H11Cl2N9. The molecule has 3 aromatic heterocycles. The van der Waals surface area contributed by atoms with Crippen LogP contribution in [0.3, 0.4) is 0 Å². The summed E-state index contributed by atoms with van der Waals surface area (Å²) in [6, 6.07) is 9.05. The number of rotatable bonds is 5. The van der Waals surface area contributed by atoms with Gasteiger partial charge in [-0.3, -0.25) is 4.57 Å². The van der Waals surface area contributed by atoms with E-state index >= 15 is 0 Å². The second kappa shape index (κ2) is 7.06. The molecule has 1 aromatic carbocycles. The maximum Gasteiger partial charge on any atom is 0.248 e. The number of pyridine rings is 1. The van der Waals surface area contributed by atoms with Crippen molar-refractivity contribution in [1.82, 2.24) is 40.0 Å². The summed E-state index contributed by atoms with van der Waals surface area (Å²) in [5.41, 5.74) is 1.50. The molecule has 4 rings (SSSR count). The van der Waals surface area contributed by atoms with Crippen molar-refractivity contribution in [2.24, 2.45) is 0 Å². The minimum Gasteiger partial charge on any atom is -0.349 e. The van der Waals surface area contributed by atoms with Crippen molar-refractivity contribution in [1.29, 1.82) is 0 Å². The number of anilines is 1. The van der Waals surface area contributed by atoms with Crippen LogP contribution in [0.2, 0.25) is 10.0 Å². The van der Waals surface area contributed by atoms with Crippen LogP contribution in [-0.4, -0.2) is 40.0 Å². The molecule has 0 fully saturated rings. The summed E-state index contributed by atoms with van der Waals surface area (Å²) < 4.78 is 3.22. The van der Waals surface area contributed by atoms with Crippen LogP contribution in [0.25, 0.3) is 11.5 Å². The lowest BCUT2D eigenvalue weighted by atomic mass is 10.2. The fourth-order valence-corrected chi connectivity index (χ4v) is 2.78.